The maximum atomic E-state index is 15.0. The highest BCUT2D eigenvalue weighted by molar-refractivity contribution is 5.97. The molecule has 34 heavy (non-hydrogen) atoms. The molecule has 0 radical (unpaired) electrons. The van der Waals surface area contributed by atoms with Crippen LogP contribution in [0.4, 0.5) is 26.3 Å². The van der Waals surface area contributed by atoms with Crippen LogP contribution in [-0.2, 0) is 13.2 Å². The zero-order chi connectivity index (χ0) is 24.6. The number of carbonyl (C=O) groups excluding carboxylic acids is 1. The van der Waals surface area contributed by atoms with Crippen molar-refractivity contribution in [1.29, 1.82) is 0 Å². The van der Waals surface area contributed by atoms with E-state index in [1.807, 2.05) is 0 Å². The van der Waals surface area contributed by atoms with Crippen molar-refractivity contribution in [3.05, 3.63) is 76.7 Å². The molecule has 2 atom stereocenters. The fraction of sp³-hybridized carbons (Fsp3) is 0.304. The quantitative estimate of drug-likeness (QED) is 0.542. The van der Waals surface area contributed by atoms with Gasteiger partial charge in [0.25, 0.3) is 5.91 Å². The molecule has 1 fully saturated rings. The number of amides is 1. The van der Waals surface area contributed by atoms with Crippen LogP contribution in [0.5, 0.6) is 0 Å². The number of alkyl halides is 3. The third kappa shape index (κ3) is 4.65. The van der Waals surface area contributed by atoms with Crippen molar-refractivity contribution >= 4 is 5.91 Å². The summed E-state index contributed by atoms with van der Waals surface area (Å²) in [6.07, 6.45) is -3.24. The summed E-state index contributed by atoms with van der Waals surface area (Å²) in [5, 5.41) is 9.34. The van der Waals surface area contributed by atoms with Crippen molar-refractivity contribution < 1.29 is 31.1 Å². The van der Waals surface area contributed by atoms with Crippen LogP contribution in [0.25, 0.3) is 11.3 Å². The van der Waals surface area contributed by atoms with Crippen LogP contribution in [0.15, 0.2) is 42.6 Å². The Kier molecular flexibility index (Phi) is 6.39. The van der Waals surface area contributed by atoms with E-state index >= 15 is 0 Å². The Balaban J connectivity index is 1.69. The lowest BCUT2D eigenvalue weighted by Gasteiger charge is -2.33. The van der Waals surface area contributed by atoms with Crippen LogP contribution >= 0.6 is 0 Å². The Hall–Kier alpha value is -3.34. The summed E-state index contributed by atoms with van der Waals surface area (Å²) in [6, 6.07) is 5.52. The van der Waals surface area contributed by atoms with E-state index in [4.69, 9.17) is 0 Å². The summed E-state index contributed by atoms with van der Waals surface area (Å²) in [6.45, 7) is 0.656. The zero-order valence-electron chi connectivity index (χ0n) is 17.9. The number of rotatable bonds is 4. The molecule has 2 aromatic carbocycles. The Morgan fingerprint density at radius 2 is 1.85 bits per heavy atom. The van der Waals surface area contributed by atoms with Crippen LogP contribution in [0.1, 0.15) is 33.8 Å². The van der Waals surface area contributed by atoms with E-state index in [1.54, 1.807) is 0 Å². The van der Waals surface area contributed by atoms with E-state index in [2.05, 4.69) is 15.7 Å². The summed E-state index contributed by atoms with van der Waals surface area (Å²) in [5.41, 5.74) is -2.01. The van der Waals surface area contributed by atoms with Gasteiger partial charge in [-0.25, -0.2) is 13.2 Å². The Morgan fingerprint density at radius 1 is 1.09 bits per heavy atom. The molecule has 2 heterocycles. The molecule has 5 nitrogen and oxygen atoms in total. The summed E-state index contributed by atoms with van der Waals surface area (Å²) in [7, 11) is 1.50. The van der Waals surface area contributed by atoms with Crippen molar-refractivity contribution in [2.75, 3.05) is 13.1 Å². The van der Waals surface area contributed by atoms with Crippen LogP contribution < -0.4 is 10.6 Å². The van der Waals surface area contributed by atoms with Crippen LogP contribution in [0.2, 0.25) is 0 Å². The van der Waals surface area contributed by atoms with E-state index in [0.717, 1.165) is 18.2 Å². The van der Waals surface area contributed by atoms with Crippen molar-refractivity contribution in [1.82, 2.24) is 20.4 Å². The molecular formula is C23H20F6N4O. The van der Waals surface area contributed by atoms with Gasteiger partial charge in [-0.15, -0.1) is 0 Å². The second kappa shape index (κ2) is 9.13. The van der Waals surface area contributed by atoms with Crippen LogP contribution in [-0.4, -0.2) is 34.8 Å². The third-order valence-corrected chi connectivity index (χ3v) is 5.91. The topological polar surface area (TPSA) is 59.0 Å². The van der Waals surface area contributed by atoms with Gasteiger partial charge in [0.05, 0.1) is 16.8 Å². The molecule has 180 valence electrons. The number of nitrogens with zero attached hydrogens (tertiary/aromatic N) is 2. The highest BCUT2D eigenvalue weighted by atomic mass is 19.4. The molecule has 1 aromatic heterocycles. The lowest BCUT2D eigenvalue weighted by atomic mass is 9.85. The van der Waals surface area contributed by atoms with Gasteiger partial charge in [-0.3, -0.25) is 9.48 Å². The standard InChI is InChI=1S/C23H20F6N4O/c1-33-20(5-7-31-33)13-8-15(23(27,28)29)21(18(26)10-13)22(34)32-19-11-30-6-4-14(19)12-2-3-16(24)17(25)9-12/h2-3,5,7-10,14,19,30H,4,6,11H2,1H3,(H,32,34)/t14-,19+/m0/s1. The summed E-state index contributed by atoms with van der Waals surface area (Å²) >= 11 is 0. The fourth-order valence-electron chi connectivity index (χ4n) is 4.26. The fourth-order valence-corrected chi connectivity index (χ4v) is 4.26. The number of aryl methyl sites for hydroxylation is 1. The highest BCUT2D eigenvalue weighted by Gasteiger charge is 2.39. The molecule has 1 saturated heterocycles. The van der Waals surface area contributed by atoms with Gasteiger partial charge in [0, 0.05) is 37.3 Å². The molecule has 0 bridgehead atoms. The van der Waals surface area contributed by atoms with Gasteiger partial charge in [-0.2, -0.15) is 18.3 Å². The third-order valence-electron chi connectivity index (χ3n) is 5.91. The van der Waals surface area contributed by atoms with Gasteiger partial charge in [-0.05, 0) is 48.9 Å². The summed E-state index contributed by atoms with van der Waals surface area (Å²) < 4.78 is 84.9. The smallest absolute Gasteiger partial charge is 0.347 e. The number of carbonyl (C=O) groups is 1. The predicted molar refractivity (Wildman–Crippen MR) is 111 cm³/mol. The van der Waals surface area contributed by atoms with Crippen LogP contribution in [0, 0.1) is 17.5 Å². The second-order valence-electron chi connectivity index (χ2n) is 8.07. The molecule has 0 aliphatic carbocycles. The minimum atomic E-state index is -5.01. The summed E-state index contributed by atoms with van der Waals surface area (Å²) in [5.74, 6) is -5.20. The van der Waals surface area contributed by atoms with Gasteiger partial charge >= 0.3 is 6.18 Å². The number of nitrogens with one attached hydrogen (secondary N) is 2. The molecule has 1 amide bonds. The molecule has 0 saturated carbocycles. The van der Waals surface area contributed by atoms with Crippen LogP contribution in [0.3, 0.4) is 0 Å². The molecule has 0 spiro atoms. The van der Waals surface area contributed by atoms with Crippen molar-refractivity contribution in [3.63, 3.8) is 0 Å². The van der Waals surface area contributed by atoms with Gasteiger partial charge in [0.1, 0.15) is 5.82 Å². The monoisotopic (exact) mass is 482 g/mol. The number of hydrogen-bond donors (Lipinski definition) is 2. The first-order valence-electron chi connectivity index (χ1n) is 10.4. The Morgan fingerprint density at radius 3 is 2.50 bits per heavy atom. The average molecular weight is 482 g/mol. The van der Waals surface area contributed by atoms with Gasteiger partial charge < -0.3 is 10.6 Å². The molecule has 0 unspecified atom stereocenters. The molecule has 4 rings (SSSR count). The van der Waals surface area contributed by atoms with E-state index in [1.165, 1.54) is 30.1 Å². The van der Waals surface area contributed by atoms with Gasteiger partial charge in [0.15, 0.2) is 11.6 Å². The first-order chi connectivity index (χ1) is 16.1. The molecule has 3 aromatic rings. The SMILES string of the molecule is Cn1nccc1-c1cc(F)c(C(=O)N[C@@H]2CNCC[C@H]2c2ccc(F)c(F)c2)c(C(F)(F)F)c1. The maximum Gasteiger partial charge on any atom is 0.417 e. The largest absolute Gasteiger partial charge is 0.417 e. The number of piperidine rings is 1. The average Bonchev–Trinajstić information content (AvgIpc) is 3.20. The molecule has 2 N–H and O–H groups in total. The van der Waals surface area contributed by atoms with E-state index < -0.39 is 52.6 Å². The Labute approximate surface area is 190 Å². The maximum absolute atomic E-state index is 15.0. The Bertz CT molecular complexity index is 1220. The minimum Gasteiger partial charge on any atom is -0.347 e. The van der Waals surface area contributed by atoms with E-state index in [-0.39, 0.29) is 17.8 Å². The van der Waals surface area contributed by atoms with Gasteiger partial charge in [0.2, 0.25) is 0 Å². The normalized spacial score (nSPS) is 18.7. The number of benzene rings is 2. The van der Waals surface area contributed by atoms with E-state index in [0.29, 0.717) is 24.6 Å². The van der Waals surface area contributed by atoms with E-state index in [9.17, 15) is 31.1 Å². The summed E-state index contributed by atoms with van der Waals surface area (Å²) in [4.78, 5) is 12.9. The predicted octanol–water partition coefficient (Wildman–Crippen LogP) is 4.40. The lowest BCUT2D eigenvalue weighted by Crippen LogP contribution is -2.50. The lowest BCUT2D eigenvalue weighted by molar-refractivity contribution is -0.138. The highest BCUT2D eigenvalue weighted by Crippen LogP contribution is 2.37. The first kappa shape index (κ1) is 23.8. The number of aromatic nitrogens is 2. The minimum absolute atomic E-state index is 0.0830. The van der Waals surface area contributed by atoms with Gasteiger partial charge in [-0.1, -0.05) is 6.07 Å². The molecular weight excluding hydrogens is 462 g/mol. The number of halogens is 6. The number of hydrogen-bond acceptors (Lipinski definition) is 3. The second-order valence-corrected chi connectivity index (χ2v) is 8.07. The molecule has 11 heteroatoms. The van der Waals surface area contributed by atoms with Crippen molar-refractivity contribution in [2.45, 2.75) is 24.6 Å². The zero-order valence-corrected chi connectivity index (χ0v) is 17.9. The first-order valence-corrected chi connectivity index (χ1v) is 10.4. The molecule has 1 aliphatic heterocycles. The van der Waals surface area contributed by atoms with Crippen molar-refractivity contribution in [3.8, 4) is 11.3 Å². The molecule has 1 aliphatic rings. The van der Waals surface area contributed by atoms with Crippen molar-refractivity contribution in [2.24, 2.45) is 7.05 Å².